The summed E-state index contributed by atoms with van der Waals surface area (Å²) in [6.07, 6.45) is 5.82. The van der Waals surface area contributed by atoms with Gasteiger partial charge in [0.15, 0.2) is 0 Å². The van der Waals surface area contributed by atoms with Crippen molar-refractivity contribution in [2.75, 3.05) is 0 Å². The molecule has 41 heavy (non-hydrogen) atoms. The molecule has 1 aliphatic carbocycles. The number of carbonyl (C=O) groups is 1. The van der Waals surface area contributed by atoms with Gasteiger partial charge in [-0.3, -0.25) is 0 Å². The Bertz CT molecular complexity index is 1930. The van der Waals surface area contributed by atoms with Gasteiger partial charge in [-0.1, -0.05) is 36.9 Å². The summed E-state index contributed by atoms with van der Waals surface area (Å²) in [5, 5.41) is 11.2. The molecule has 3 aromatic carbocycles. The van der Waals surface area contributed by atoms with Gasteiger partial charge in [0, 0.05) is 33.1 Å². The van der Waals surface area contributed by atoms with E-state index < -0.39 is 5.97 Å². The predicted octanol–water partition coefficient (Wildman–Crippen LogP) is 9.34. The standard InChI is InChI=1S/C34H28ClN3O3/c1-20-27(19-32(41-20)21-7-12-25(35)13-8-21)29-15-9-22-17-23(10-14-28(22)36-29)33-37-30-18-24(34(39)40)11-16-31(30)38(33)26-5-3-2-4-6-26/h7-19,26H,2-6H2,1H3,(H,39,40). The average Bonchev–Trinajstić information content (AvgIpc) is 3.58. The Labute approximate surface area is 242 Å². The van der Waals surface area contributed by atoms with Gasteiger partial charge in [-0.15, -0.1) is 0 Å². The minimum Gasteiger partial charge on any atom is -0.478 e. The topological polar surface area (TPSA) is 81.1 Å². The lowest BCUT2D eigenvalue weighted by atomic mass is 9.94. The third-order valence-corrected chi connectivity index (χ3v) is 8.40. The number of rotatable bonds is 5. The van der Waals surface area contributed by atoms with Gasteiger partial charge < -0.3 is 14.1 Å². The van der Waals surface area contributed by atoms with Gasteiger partial charge in [-0.2, -0.15) is 0 Å². The number of imidazole rings is 1. The van der Waals surface area contributed by atoms with Crippen molar-refractivity contribution in [1.82, 2.24) is 14.5 Å². The fraction of sp³-hybridized carbons (Fsp3) is 0.206. The van der Waals surface area contributed by atoms with Crippen molar-refractivity contribution in [2.45, 2.75) is 45.1 Å². The monoisotopic (exact) mass is 561 g/mol. The zero-order valence-corrected chi connectivity index (χ0v) is 23.4. The number of carboxylic acid groups (broad SMARTS) is 1. The number of aromatic carboxylic acids is 1. The molecule has 0 unspecified atom stereocenters. The van der Waals surface area contributed by atoms with Gasteiger partial charge in [0.25, 0.3) is 0 Å². The van der Waals surface area contributed by atoms with Gasteiger partial charge in [-0.05, 0) is 92.6 Å². The fourth-order valence-electron chi connectivity index (χ4n) is 6.05. The van der Waals surface area contributed by atoms with Gasteiger partial charge in [0.1, 0.15) is 17.3 Å². The molecular formula is C34H28ClN3O3. The molecular weight excluding hydrogens is 534 g/mol. The minimum atomic E-state index is -0.943. The maximum Gasteiger partial charge on any atom is 0.335 e. The number of furan rings is 1. The number of benzene rings is 3. The van der Waals surface area contributed by atoms with E-state index in [1.54, 1.807) is 12.1 Å². The summed E-state index contributed by atoms with van der Waals surface area (Å²) in [4.78, 5) is 21.6. The smallest absolute Gasteiger partial charge is 0.335 e. The second-order valence-electron chi connectivity index (χ2n) is 10.8. The second kappa shape index (κ2) is 10.2. The van der Waals surface area contributed by atoms with Crippen LogP contribution in [0.5, 0.6) is 0 Å². The van der Waals surface area contributed by atoms with Crippen LogP contribution in [0.25, 0.3) is 55.9 Å². The minimum absolute atomic E-state index is 0.251. The van der Waals surface area contributed by atoms with Crippen molar-refractivity contribution >= 4 is 39.5 Å². The first-order valence-electron chi connectivity index (χ1n) is 14.0. The molecule has 6 aromatic rings. The van der Waals surface area contributed by atoms with E-state index in [0.717, 1.165) is 69.0 Å². The molecule has 0 amide bonds. The zero-order chi connectivity index (χ0) is 28.1. The molecule has 0 saturated heterocycles. The molecule has 1 saturated carbocycles. The van der Waals surface area contributed by atoms with Crippen LogP contribution in [0.15, 0.2) is 83.3 Å². The van der Waals surface area contributed by atoms with Crippen LogP contribution in [0.3, 0.4) is 0 Å². The van der Waals surface area contributed by atoms with Crippen molar-refractivity contribution < 1.29 is 14.3 Å². The van der Waals surface area contributed by atoms with Crippen molar-refractivity contribution in [2.24, 2.45) is 0 Å². The van der Waals surface area contributed by atoms with Crippen LogP contribution in [0.4, 0.5) is 0 Å². The first kappa shape index (κ1) is 25.5. The first-order chi connectivity index (χ1) is 19.9. The van der Waals surface area contributed by atoms with Crippen LogP contribution in [0.1, 0.15) is 54.3 Å². The van der Waals surface area contributed by atoms with E-state index in [1.807, 2.05) is 55.5 Å². The quantitative estimate of drug-likeness (QED) is 0.227. The highest BCUT2D eigenvalue weighted by molar-refractivity contribution is 6.30. The van der Waals surface area contributed by atoms with E-state index in [4.69, 9.17) is 26.0 Å². The number of hydrogen-bond donors (Lipinski definition) is 1. The summed E-state index contributed by atoms with van der Waals surface area (Å²) in [5.74, 6) is 1.51. The maximum absolute atomic E-state index is 11.6. The normalized spacial score (nSPS) is 14.2. The molecule has 6 nitrogen and oxygen atoms in total. The molecule has 0 radical (unpaired) electrons. The number of fused-ring (bicyclic) bond motifs is 2. The summed E-state index contributed by atoms with van der Waals surface area (Å²) in [6.45, 7) is 1.95. The number of carboxylic acids is 1. The van der Waals surface area contributed by atoms with Crippen LogP contribution in [0, 0.1) is 6.92 Å². The van der Waals surface area contributed by atoms with Crippen LogP contribution in [-0.2, 0) is 0 Å². The van der Waals surface area contributed by atoms with Crippen molar-refractivity contribution in [3.63, 3.8) is 0 Å². The van der Waals surface area contributed by atoms with Crippen LogP contribution < -0.4 is 0 Å². The van der Waals surface area contributed by atoms with Gasteiger partial charge >= 0.3 is 5.97 Å². The summed E-state index contributed by atoms with van der Waals surface area (Å²) in [6, 6.07) is 25.6. The SMILES string of the molecule is Cc1oc(-c2ccc(Cl)cc2)cc1-c1ccc2cc(-c3nc4cc(C(=O)O)ccc4n3C3CCCCC3)ccc2n1. The predicted molar refractivity (Wildman–Crippen MR) is 162 cm³/mol. The third-order valence-electron chi connectivity index (χ3n) is 8.15. The third kappa shape index (κ3) is 4.68. The number of halogens is 1. The highest BCUT2D eigenvalue weighted by Gasteiger charge is 2.23. The molecule has 1 aliphatic rings. The molecule has 1 N–H and O–H groups in total. The van der Waals surface area contributed by atoms with E-state index in [0.29, 0.717) is 16.6 Å². The molecule has 204 valence electrons. The average molecular weight is 562 g/mol. The lowest BCUT2D eigenvalue weighted by Crippen LogP contribution is -2.14. The molecule has 1 fully saturated rings. The summed E-state index contributed by atoms with van der Waals surface area (Å²) in [7, 11) is 0. The summed E-state index contributed by atoms with van der Waals surface area (Å²) in [5.41, 5.74) is 6.59. The van der Waals surface area contributed by atoms with E-state index >= 15 is 0 Å². The molecule has 0 aliphatic heterocycles. The number of aryl methyl sites for hydroxylation is 1. The maximum atomic E-state index is 11.6. The number of aromatic nitrogens is 3. The lowest BCUT2D eigenvalue weighted by molar-refractivity contribution is 0.0697. The first-order valence-corrected chi connectivity index (χ1v) is 14.4. The number of nitrogens with zero attached hydrogens (tertiary/aromatic N) is 3. The summed E-state index contributed by atoms with van der Waals surface area (Å²) >= 11 is 6.06. The van der Waals surface area contributed by atoms with E-state index in [9.17, 15) is 9.90 Å². The molecule has 0 bridgehead atoms. The highest BCUT2D eigenvalue weighted by Crippen LogP contribution is 2.38. The van der Waals surface area contributed by atoms with Crippen LogP contribution >= 0.6 is 11.6 Å². The Morgan fingerprint density at radius 3 is 2.44 bits per heavy atom. The van der Waals surface area contributed by atoms with Crippen LogP contribution in [0.2, 0.25) is 5.02 Å². The molecule has 7 heteroatoms. The fourth-order valence-corrected chi connectivity index (χ4v) is 6.18. The number of hydrogen-bond acceptors (Lipinski definition) is 4. The van der Waals surface area contributed by atoms with Crippen LogP contribution in [-0.4, -0.2) is 25.6 Å². The Morgan fingerprint density at radius 2 is 1.66 bits per heavy atom. The molecule has 7 rings (SSSR count). The number of pyridine rings is 1. The molecule has 3 heterocycles. The van der Waals surface area contributed by atoms with Gasteiger partial charge in [0.2, 0.25) is 0 Å². The van der Waals surface area contributed by atoms with Gasteiger partial charge in [0.05, 0.1) is 27.8 Å². The largest absolute Gasteiger partial charge is 0.478 e. The van der Waals surface area contributed by atoms with Gasteiger partial charge in [-0.25, -0.2) is 14.8 Å². The molecule has 0 spiro atoms. The summed E-state index contributed by atoms with van der Waals surface area (Å²) < 4.78 is 8.41. The van der Waals surface area contributed by atoms with Crippen molar-refractivity contribution in [1.29, 1.82) is 0 Å². The zero-order valence-electron chi connectivity index (χ0n) is 22.6. The Morgan fingerprint density at radius 1 is 0.878 bits per heavy atom. The van der Waals surface area contributed by atoms with Crippen molar-refractivity contribution in [3.8, 4) is 34.0 Å². The van der Waals surface area contributed by atoms with Crippen molar-refractivity contribution in [3.05, 3.63) is 95.2 Å². The Balaban J connectivity index is 1.29. The van der Waals surface area contributed by atoms with E-state index in [-0.39, 0.29) is 5.56 Å². The second-order valence-corrected chi connectivity index (χ2v) is 11.2. The molecule has 3 aromatic heterocycles. The van der Waals surface area contributed by atoms with E-state index in [1.165, 1.54) is 19.3 Å². The Hall–Kier alpha value is -4.42. The molecule has 0 atom stereocenters. The highest BCUT2D eigenvalue weighted by atomic mass is 35.5. The van der Waals surface area contributed by atoms with E-state index in [2.05, 4.69) is 22.8 Å². The Kier molecular flexibility index (Phi) is 6.36. The lowest BCUT2D eigenvalue weighted by Gasteiger charge is -2.25.